The average Bonchev–Trinajstić information content (AvgIpc) is 2.07. The molecule has 0 atom stereocenters. The van der Waals surface area contributed by atoms with Crippen LogP contribution in [0.5, 0.6) is 0 Å². The fourth-order valence-electron chi connectivity index (χ4n) is 15.5. The molecule has 0 radical (unpaired) electrons. The van der Waals surface area contributed by atoms with Gasteiger partial charge in [0.15, 0.2) is 0 Å². The highest BCUT2D eigenvalue weighted by Gasteiger charge is 2.43. The van der Waals surface area contributed by atoms with Gasteiger partial charge in [-0.15, -0.1) is 0 Å². The molecule has 0 saturated carbocycles. The predicted molar refractivity (Wildman–Crippen MR) is 370 cm³/mol. The van der Waals surface area contributed by atoms with E-state index in [0.717, 1.165) is 12.8 Å². The van der Waals surface area contributed by atoms with Gasteiger partial charge in [-0.05, 0) is 239 Å². The molecule has 414 valence electrons. The summed E-state index contributed by atoms with van der Waals surface area (Å²) in [5, 5.41) is 21.0. The number of hydrogen-bond acceptors (Lipinski definition) is 0. The summed E-state index contributed by atoms with van der Waals surface area (Å²) < 4.78 is 0. The van der Waals surface area contributed by atoms with E-state index in [9.17, 15) is 0 Å². The van der Waals surface area contributed by atoms with Crippen molar-refractivity contribution in [1.82, 2.24) is 0 Å². The summed E-state index contributed by atoms with van der Waals surface area (Å²) in [5.41, 5.74) is 15.9. The lowest BCUT2D eigenvalue weighted by Gasteiger charge is -2.33. The Balaban J connectivity index is 1.03. The van der Waals surface area contributed by atoms with E-state index < -0.39 is 0 Å². The zero-order valence-corrected chi connectivity index (χ0v) is 49.5. The van der Waals surface area contributed by atoms with Crippen molar-refractivity contribution < 1.29 is 0 Å². The molecule has 0 amide bonds. The predicted octanol–water partition coefficient (Wildman–Crippen LogP) is 25.3. The van der Waals surface area contributed by atoms with Gasteiger partial charge in [0.1, 0.15) is 0 Å². The second kappa shape index (κ2) is 22.6. The molecule has 15 rings (SSSR count). The molecule has 0 aromatic heterocycles. The third kappa shape index (κ3) is 9.37. The first-order chi connectivity index (χ1) is 42.1. The monoisotopic (exact) mass is 1090 g/mol. The molecule has 0 N–H and O–H groups in total. The lowest BCUT2D eigenvalue weighted by molar-refractivity contribution is 0.398. The fraction of sp³-hybridized carbons (Fsp3) is 0.200. The van der Waals surface area contributed by atoms with Crippen molar-refractivity contribution in [2.24, 2.45) is 0 Å². The van der Waals surface area contributed by atoms with Crippen LogP contribution in [0.15, 0.2) is 243 Å². The zero-order valence-electron chi connectivity index (χ0n) is 49.5. The molecule has 0 heteroatoms. The van der Waals surface area contributed by atoms with E-state index in [2.05, 4.69) is 257 Å². The number of hydrogen-bond donors (Lipinski definition) is 0. The van der Waals surface area contributed by atoms with Gasteiger partial charge >= 0.3 is 0 Å². The SMILES string of the molecule is CCCCCCCCC1(CCCCCCCC)c2cc3c(cc2-c2cc4c(-c5ccccc5)cc5cc6cc(-c7ccccc7)c7ccccc7c6cc5c4cc21)c(-c1ccccc1)cc1cc2cc(-c4ccccc4)c4ccccc4c2cc13. The molecular weight excluding hydrogens is 1020 g/mol. The van der Waals surface area contributed by atoms with Crippen LogP contribution in [-0.2, 0) is 5.41 Å². The first-order valence-electron chi connectivity index (χ1n) is 32.1. The Morgan fingerprint density at radius 2 is 0.506 bits per heavy atom. The fourth-order valence-corrected chi connectivity index (χ4v) is 15.5. The molecule has 85 heavy (non-hydrogen) atoms. The van der Waals surface area contributed by atoms with Crippen LogP contribution >= 0.6 is 0 Å². The minimum atomic E-state index is -0.172. The van der Waals surface area contributed by atoms with E-state index in [1.807, 2.05) is 0 Å². The van der Waals surface area contributed by atoms with Crippen LogP contribution in [0.4, 0.5) is 0 Å². The minimum Gasteiger partial charge on any atom is -0.0654 e. The Kier molecular flexibility index (Phi) is 14.1. The largest absolute Gasteiger partial charge is 0.0654 e. The number of rotatable bonds is 18. The summed E-state index contributed by atoms with van der Waals surface area (Å²) >= 11 is 0. The van der Waals surface area contributed by atoms with Crippen LogP contribution in [-0.4, -0.2) is 0 Å². The Labute approximate surface area is 501 Å². The maximum atomic E-state index is 2.75. The van der Waals surface area contributed by atoms with Crippen molar-refractivity contribution in [3.05, 3.63) is 254 Å². The Morgan fingerprint density at radius 1 is 0.212 bits per heavy atom. The first kappa shape index (κ1) is 52.9. The van der Waals surface area contributed by atoms with E-state index in [4.69, 9.17) is 0 Å². The number of benzene rings is 14. The first-order valence-corrected chi connectivity index (χ1v) is 32.1. The van der Waals surface area contributed by atoms with Crippen molar-refractivity contribution in [1.29, 1.82) is 0 Å². The van der Waals surface area contributed by atoms with Crippen LogP contribution < -0.4 is 0 Å². The van der Waals surface area contributed by atoms with Crippen molar-refractivity contribution in [2.75, 3.05) is 0 Å². The normalized spacial score (nSPS) is 12.9. The topological polar surface area (TPSA) is 0 Å². The van der Waals surface area contributed by atoms with Crippen LogP contribution in [0.2, 0.25) is 0 Å². The van der Waals surface area contributed by atoms with E-state index in [-0.39, 0.29) is 5.41 Å². The second-order valence-corrected chi connectivity index (χ2v) is 24.8. The molecular formula is C85H74. The van der Waals surface area contributed by atoms with E-state index in [1.165, 1.54) is 219 Å². The maximum absolute atomic E-state index is 2.75. The van der Waals surface area contributed by atoms with Crippen molar-refractivity contribution in [3.63, 3.8) is 0 Å². The highest BCUT2D eigenvalue weighted by atomic mass is 14.5. The second-order valence-electron chi connectivity index (χ2n) is 24.8. The van der Waals surface area contributed by atoms with Gasteiger partial charge in [0.2, 0.25) is 0 Å². The van der Waals surface area contributed by atoms with Crippen LogP contribution in [0.25, 0.3) is 142 Å². The standard InChI is InChI=1S/C85H74/c1-3-5-7-9-11-29-43-85(44-30-12-10-8-6-4-2)83-55-79-75-51-73-61(47-69(57-31-17-13-18-32-57)65-39-25-27-41-67(65)73)45-63(75)49-71(59-35-21-15-22-36-59)77(79)53-81(83)82-54-78-72(60-37-23-16-24-38-60)50-64-46-62-48-70(58-33-19-14-20-34-58)66-40-26-28-42-68(66)74(62)52-76(64)80(78)56-84(82)85/h13-28,31-42,45-56H,3-12,29-30,43-44H2,1-2H3. The zero-order chi connectivity index (χ0) is 56.8. The van der Waals surface area contributed by atoms with Crippen LogP contribution in [0.3, 0.4) is 0 Å². The summed E-state index contributed by atoms with van der Waals surface area (Å²) in [6.07, 6.45) is 17.6. The lowest BCUT2D eigenvalue weighted by atomic mass is 9.69. The van der Waals surface area contributed by atoms with Crippen LogP contribution in [0.1, 0.15) is 115 Å². The average molecular weight is 1100 g/mol. The lowest BCUT2D eigenvalue weighted by Crippen LogP contribution is -2.25. The molecule has 1 aliphatic rings. The molecule has 14 aromatic rings. The Bertz CT molecular complexity index is 4510. The molecule has 0 unspecified atom stereocenters. The molecule has 0 fully saturated rings. The summed E-state index contributed by atoms with van der Waals surface area (Å²) in [5.74, 6) is 0. The summed E-state index contributed by atoms with van der Waals surface area (Å²) in [6.45, 7) is 4.69. The smallest absolute Gasteiger partial charge is 0.0215 e. The van der Waals surface area contributed by atoms with Gasteiger partial charge in [-0.2, -0.15) is 0 Å². The minimum absolute atomic E-state index is 0.172. The van der Waals surface area contributed by atoms with Crippen molar-refractivity contribution in [2.45, 2.75) is 109 Å². The molecule has 14 aromatic carbocycles. The number of fused-ring (bicyclic) bond motifs is 15. The van der Waals surface area contributed by atoms with Gasteiger partial charge in [0.25, 0.3) is 0 Å². The third-order valence-corrected chi connectivity index (χ3v) is 19.7. The summed E-state index contributed by atoms with van der Waals surface area (Å²) in [7, 11) is 0. The van der Waals surface area contributed by atoms with Gasteiger partial charge in [0.05, 0.1) is 0 Å². The molecule has 1 aliphatic carbocycles. The molecule has 0 heterocycles. The highest BCUT2D eigenvalue weighted by molar-refractivity contribution is 6.25. The Morgan fingerprint density at radius 3 is 0.859 bits per heavy atom. The summed E-state index contributed by atoms with van der Waals surface area (Å²) in [4.78, 5) is 0. The van der Waals surface area contributed by atoms with E-state index in [1.54, 1.807) is 11.1 Å². The van der Waals surface area contributed by atoms with Crippen LogP contribution in [0, 0.1) is 0 Å². The molecule has 0 saturated heterocycles. The van der Waals surface area contributed by atoms with E-state index in [0.29, 0.717) is 0 Å². The van der Waals surface area contributed by atoms with Crippen molar-refractivity contribution >= 4 is 86.2 Å². The third-order valence-electron chi connectivity index (χ3n) is 19.7. The van der Waals surface area contributed by atoms with Gasteiger partial charge in [-0.3, -0.25) is 0 Å². The molecule has 0 aliphatic heterocycles. The maximum Gasteiger partial charge on any atom is 0.0215 e. The van der Waals surface area contributed by atoms with Crippen molar-refractivity contribution in [3.8, 4) is 55.6 Å². The van der Waals surface area contributed by atoms with Gasteiger partial charge < -0.3 is 0 Å². The highest BCUT2D eigenvalue weighted by Crippen LogP contribution is 2.58. The number of unbranched alkanes of at least 4 members (excludes halogenated alkanes) is 10. The summed E-state index contributed by atoms with van der Waals surface area (Å²) in [6, 6.07) is 93.6. The van der Waals surface area contributed by atoms with Gasteiger partial charge in [0, 0.05) is 5.41 Å². The van der Waals surface area contributed by atoms with Gasteiger partial charge in [-0.1, -0.05) is 261 Å². The quantitative estimate of drug-likeness (QED) is 0.0456. The Hall–Kier alpha value is -8.84. The molecule has 0 spiro atoms. The van der Waals surface area contributed by atoms with Gasteiger partial charge in [-0.25, -0.2) is 0 Å². The van der Waals surface area contributed by atoms with E-state index >= 15 is 0 Å². The molecule has 0 bridgehead atoms. The molecule has 0 nitrogen and oxygen atoms in total.